The van der Waals surface area contributed by atoms with Crippen LogP contribution in [0.4, 0.5) is 8.78 Å². The summed E-state index contributed by atoms with van der Waals surface area (Å²) in [5.41, 5.74) is 2.62. The molecule has 24 heavy (non-hydrogen) atoms. The van der Waals surface area contributed by atoms with Crippen molar-refractivity contribution < 1.29 is 13.6 Å². The Morgan fingerprint density at radius 2 is 2.04 bits per heavy atom. The smallest absolute Gasteiger partial charge is 0.262 e. The predicted octanol–water partition coefficient (Wildman–Crippen LogP) is 2.07. The number of likely N-dealkylation sites (tertiary alicyclic amines) is 1. The summed E-state index contributed by atoms with van der Waals surface area (Å²) in [6.45, 7) is 4.46. The van der Waals surface area contributed by atoms with Crippen molar-refractivity contribution >= 4 is 5.91 Å². The van der Waals surface area contributed by atoms with Gasteiger partial charge in [-0.1, -0.05) is 24.3 Å². The second-order valence-corrected chi connectivity index (χ2v) is 6.98. The first kappa shape index (κ1) is 17.3. The highest BCUT2D eigenvalue weighted by atomic mass is 19.3. The van der Waals surface area contributed by atoms with Gasteiger partial charge in [0, 0.05) is 32.1 Å². The fourth-order valence-electron chi connectivity index (χ4n) is 3.47. The van der Waals surface area contributed by atoms with Gasteiger partial charge in [0.25, 0.3) is 5.92 Å². The van der Waals surface area contributed by atoms with Crippen molar-refractivity contribution in [1.82, 2.24) is 15.5 Å². The van der Waals surface area contributed by atoms with Gasteiger partial charge >= 0.3 is 0 Å². The third kappa shape index (κ3) is 4.30. The molecule has 0 radical (unpaired) electrons. The van der Waals surface area contributed by atoms with Crippen LogP contribution in [0.5, 0.6) is 0 Å². The number of aryl methyl sites for hydroxylation is 1. The first-order valence-corrected chi connectivity index (χ1v) is 8.61. The summed E-state index contributed by atoms with van der Waals surface area (Å²) in [4.78, 5) is 14.5. The molecular formula is C18H25F2N3O. The van der Waals surface area contributed by atoms with E-state index < -0.39 is 24.9 Å². The minimum atomic E-state index is -2.76. The van der Waals surface area contributed by atoms with Gasteiger partial charge in [-0.05, 0) is 30.9 Å². The van der Waals surface area contributed by atoms with E-state index in [2.05, 4.69) is 40.7 Å². The first-order chi connectivity index (χ1) is 11.4. The van der Waals surface area contributed by atoms with Crippen LogP contribution in [0.15, 0.2) is 24.3 Å². The highest BCUT2D eigenvalue weighted by molar-refractivity contribution is 5.82. The van der Waals surface area contributed by atoms with Crippen LogP contribution in [-0.4, -0.2) is 48.4 Å². The van der Waals surface area contributed by atoms with Crippen LogP contribution < -0.4 is 10.6 Å². The van der Waals surface area contributed by atoms with Crippen LogP contribution in [0, 0.1) is 6.92 Å². The highest BCUT2D eigenvalue weighted by Gasteiger charge is 2.42. The molecule has 0 spiro atoms. The van der Waals surface area contributed by atoms with Crippen molar-refractivity contribution in [1.29, 1.82) is 0 Å². The third-order valence-corrected chi connectivity index (χ3v) is 5.02. The largest absolute Gasteiger partial charge is 0.352 e. The van der Waals surface area contributed by atoms with Gasteiger partial charge in [-0.3, -0.25) is 15.0 Å². The van der Waals surface area contributed by atoms with Crippen LogP contribution in [-0.2, 0) is 11.3 Å². The topological polar surface area (TPSA) is 44.4 Å². The van der Waals surface area contributed by atoms with E-state index in [1.165, 1.54) is 11.1 Å². The summed E-state index contributed by atoms with van der Waals surface area (Å²) in [5.74, 6) is -3.05. The molecule has 1 aromatic rings. The van der Waals surface area contributed by atoms with Gasteiger partial charge < -0.3 is 5.32 Å². The maximum Gasteiger partial charge on any atom is 0.262 e. The normalized spacial score (nSPS) is 24.9. The van der Waals surface area contributed by atoms with Crippen LogP contribution >= 0.6 is 0 Å². The molecule has 0 aliphatic carbocycles. The molecular weight excluding hydrogens is 312 g/mol. The molecule has 1 amide bonds. The standard InChI is InChI=1S/C18H25F2N3O/c1-13-4-2-3-5-14(13)11-23-8-6-15(7-9-23)22-17(24)16-10-18(19,20)12-21-16/h2-5,15-16,21H,6-12H2,1H3,(H,22,24). The van der Waals surface area contributed by atoms with E-state index in [0.29, 0.717) is 0 Å². The minimum Gasteiger partial charge on any atom is -0.352 e. The molecule has 1 unspecified atom stereocenters. The lowest BCUT2D eigenvalue weighted by molar-refractivity contribution is -0.124. The van der Waals surface area contributed by atoms with E-state index in [0.717, 1.165) is 32.5 Å². The maximum absolute atomic E-state index is 13.2. The van der Waals surface area contributed by atoms with Crippen molar-refractivity contribution in [3.63, 3.8) is 0 Å². The molecule has 2 fully saturated rings. The number of carbonyl (C=O) groups is 1. The van der Waals surface area contributed by atoms with Gasteiger partial charge in [-0.2, -0.15) is 0 Å². The summed E-state index contributed by atoms with van der Waals surface area (Å²) < 4.78 is 26.4. The molecule has 2 heterocycles. The molecule has 4 nitrogen and oxygen atoms in total. The number of piperidine rings is 1. The van der Waals surface area contributed by atoms with Gasteiger partial charge in [0.05, 0.1) is 12.6 Å². The average Bonchev–Trinajstić information content (AvgIpc) is 2.92. The van der Waals surface area contributed by atoms with E-state index in [1.807, 2.05) is 6.07 Å². The molecule has 0 bridgehead atoms. The molecule has 132 valence electrons. The van der Waals surface area contributed by atoms with Crippen molar-refractivity contribution in [3.8, 4) is 0 Å². The highest BCUT2D eigenvalue weighted by Crippen LogP contribution is 2.25. The Kier molecular flexibility index (Phi) is 5.15. The number of benzene rings is 1. The number of nitrogens with one attached hydrogen (secondary N) is 2. The predicted molar refractivity (Wildman–Crippen MR) is 89.0 cm³/mol. The SMILES string of the molecule is Cc1ccccc1CN1CCC(NC(=O)C2CC(F)(F)CN2)CC1. The fourth-order valence-corrected chi connectivity index (χ4v) is 3.47. The second kappa shape index (κ2) is 7.15. The Bertz CT molecular complexity index is 585. The Morgan fingerprint density at radius 1 is 1.33 bits per heavy atom. The lowest BCUT2D eigenvalue weighted by atomic mass is 10.0. The number of rotatable bonds is 4. The summed E-state index contributed by atoms with van der Waals surface area (Å²) in [6.07, 6.45) is 1.33. The number of nitrogens with zero attached hydrogens (tertiary/aromatic N) is 1. The van der Waals surface area contributed by atoms with Crippen LogP contribution in [0.3, 0.4) is 0 Å². The third-order valence-electron chi connectivity index (χ3n) is 5.02. The number of hydrogen-bond acceptors (Lipinski definition) is 3. The Balaban J connectivity index is 1.44. The molecule has 2 saturated heterocycles. The van der Waals surface area contributed by atoms with Gasteiger partial charge in [-0.25, -0.2) is 8.78 Å². The zero-order valence-corrected chi connectivity index (χ0v) is 14.0. The molecule has 2 N–H and O–H groups in total. The molecule has 1 aromatic carbocycles. The van der Waals surface area contributed by atoms with Gasteiger partial charge in [-0.15, -0.1) is 0 Å². The fraction of sp³-hybridized carbons (Fsp3) is 0.611. The molecule has 3 rings (SSSR count). The van der Waals surface area contributed by atoms with E-state index >= 15 is 0 Å². The summed E-state index contributed by atoms with van der Waals surface area (Å²) >= 11 is 0. The van der Waals surface area contributed by atoms with Crippen LogP contribution in [0.2, 0.25) is 0 Å². The second-order valence-electron chi connectivity index (χ2n) is 6.98. The lowest BCUT2D eigenvalue weighted by Gasteiger charge is -2.33. The monoisotopic (exact) mass is 337 g/mol. The van der Waals surface area contributed by atoms with Crippen molar-refractivity contribution in [2.75, 3.05) is 19.6 Å². The van der Waals surface area contributed by atoms with Crippen LogP contribution in [0.1, 0.15) is 30.4 Å². The zero-order chi connectivity index (χ0) is 17.2. The van der Waals surface area contributed by atoms with E-state index in [1.54, 1.807) is 0 Å². The minimum absolute atomic E-state index is 0.0849. The number of carbonyl (C=O) groups excluding carboxylic acids is 1. The molecule has 0 saturated carbocycles. The summed E-state index contributed by atoms with van der Waals surface area (Å²) in [7, 11) is 0. The quantitative estimate of drug-likeness (QED) is 0.884. The molecule has 0 aromatic heterocycles. The zero-order valence-electron chi connectivity index (χ0n) is 14.0. The Hall–Kier alpha value is -1.53. The van der Waals surface area contributed by atoms with Crippen LogP contribution in [0.25, 0.3) is 0 Å². The average molecular weight is 337 g/mol. The lowest BCUT2D eigenvalue weighted by Crippen LogP contribution is -2.49. The van der Waals surface area contributed by atoms with Gasteiger partial charge in [0.2, 0.25) is 5.91 Å². The first-order valence-electron chi connectivity index (χ1n) is 8.61. The van der Waals surface area contributed by atoms with Crippen molar-refractivity contribution in [2.24, 2.45) is 0 Å². The van der Waals surface area contributed by atoms with Gasteiger partial charge in [0.15, 0.2) is 0 Å². The number of amides is 1. The van der Waals surface area contributed by atoms with E-state index in [-0.39, 0.29) is 11.9 Å². The maximum atomic E-state index is 13.2. The number of hydrogen-bond donors (Lipinski definition) is 2. The van der Waals surface area contributed by atoms with E-state index in [9.17, 15) is 13.6 Å². The molecule has 1 atom stereocenters. The van der Waals surface area contributed by atoms with Gasteiger partial charge in [0.1, 0.15) is 0 Å². The molecule has 2 aliphatic heterocycles. The summed E-state index contributed by atoms with van der Waals surface area (Å²) in [6, 6.07) is 7.69. The molecule has 2 aliphatic rings. The Labute approximate surface area is 141 Å². The number of halogens is 2. The van der Waals surface area contributed by atoms with Crippen molar-refractivity contribution in [3.05, 3.63) is 35.4 Å². The summed E-state index contributed by atoms with van der Waals surface area (Å²) in [5, 5.41) is 5.54. The molecule has 6 heteroatoms. The van der Waals surface area contributed by atoms with E-state index in [4.69, 9.17) is 0 Å². The van der Waals surface area contributed by atoms with Crippen molar-refractivity contribution in [2.45, 2.75) is 50.7 Å². The Morgan fingerprint density at radius 3 is 2.67 bits per heavy atom. The number of alkyl halides is 2.